The first-order chi connectivity index (χ1) is 16.5. The zero-order valence-electron chi connectivity index (χ0n) is 20.2. The number of hydrogen-bond donors (Lipinski definition) is 1. The van der Waals surface area contributed by atoms with Crippen molar-refractivity contribution in [3.05, 3.63) is 71.3 Å². The first-order valence-electron chi connectivity index (χ1n) is 12.6. The predicted molar refractivity (Wildman–Crippen MR) is 129 cm³/mol. The number of nitrogens with zero attached hydrogens (tertiary/aromatic N) is 1. The summed E-state index contributed by atoms with van der Waals surface area (Å²) in [6, 6.07) is 14.7. The third-order valence-corrected chi connectivity index (χ3v) is 10.0. The fourth-order valence-corrected chi connectivity index (χ4v) is 8.56. The van der Waals surface area contributed by atoms with Gasteiger partial charge in [-0.2, -0.15) is 0 Å². The van der Waals surface area contributed by atoms with E-state index in [1.54, 1.807) is 0 Å². The lowest BCUT2D eigenvalue weighted by atomic mass is 9.37. The molecular weight excluding hydrogens is 426 g/mol. The van der Waals surface area contributed by atoms with Gasteiger partial charge in [-0.3, -0.25) is 0 Å². The molecule has 178 valence electrons. The van der Waals surface area contributed by atoms with Gasteiger partial charge in [0.1, 0.15) is 11.7 Å². The molecule has 5 heteroatoms. The van der Waals surface area contributed by atoms with Crippen LogP contribution in [0, 0.1) is 11.3 Å². The summed E-state index contributed by atoms with van der Waals surface area (Å²) in [5.41, 5.74) is 2.93. The smallest absolute Gasteiger partial charge is 0.165 e. The molecule has 0 unspecified atom stereocenters. The van der Waals surface area contributed by atoms with E-state index < -0.39 is 5.60 Å². The van der Waals surface area contributed by atoms with Crippen molar-refractivity contribution in [1.82, 2.24) is 4.90 Å². The van der Waals surface area contributed by atoms with Gasteiger partial charge in [0.2, 0.25) is 0 Å². The van der Waals surface area contributed by atoms with Crippen molar-refractivity contribution >= 4 is 0 Å². The van der Waals surface area contributed by atoms with Crippen LogP contribution >= 0.6 is 0 Å². The molecule has 2 aromatic rings. The number of ether oxygens (including phenoxy) is 3. The number of fused-ring (bicyclic) bond motifs is 1. The zero-order valence-corrected chi connectivity index (χ0v) is 20.2. The van der Waals surface area contributed by atoms with E-state index in [2.05, 4.69) is 61.4 Å². The van der Waals surface area contributed by atoms with E-state index in [-0.39, 0.29) is 34.7 Å². The molecular formula is C29H33NO4. The molecule has 8 rings (SSSR count). The number of likely N-dealkylation sites (tertiary alicyclic amines) is 1. The van der Waals surface area contributed by atoms with Gasteiger partial charge in [0, 0.05) is 30.0 Å². The minimum atomic E-state index is -0.599. The normalized spacial score (nSPS) is 39.6. The molecule has 5 nitrogen and oxygen atoms in total. The van der Waals surface area contributed by atoms with Gasteiger partial charge in [-0.1, -0.05) is 48.6 Å². The number of methoxy groups -OCH3 is 1. The third kappa shape index (κ3) is 2.27. The van der Waals surface area contributed by atoms with Crippen LogP contribution in [-0.2, 0) is 27.9 Å². The van der Waals surface area contributed by atoms with Gasteiger partial charge >= 0.3 is 0 Å². The van der Waals surface area contributed by atoms with Crippen LogP contribution in [0.3, 0.4) is 0 Å². The number of likely N-dealkylation sites (N-methyl/N-ethyl adjacent to an activating group) is 1. The van der Waals surface area contributed by atoms with Crippen LogP contribution in [-0.4, -0.2) is 54.6 Å². The number of hydrogen-bond acceptors (Lipinski definition) is 5. The number of rotatable bonds is 5. The first-order valence-corrected chi connectivity index (χ1v) is 12.6. The number of piperidine rings is 1. The lowest BCUT2D eigenvalue weighted by molar-refractivity contribution is -0.234. The molecule has 0 aromatic heterocycles. The minimum absolute atomic E-state index is 0.00679. The summed E-state index contributed by atoms with van der Waals surface area (Å²) in [4.78, 5) is 2.55. The number of aromatic hydroxyl groups is 1. The van der Waals surface area contributed by atoms with Crippen LogP contribution in [0.4, 0.5) is 0 Å². The highest BCUT2D eigenvalue weighted by molar-refractivity contribution is 5.65. The number of phenolic OH excluding ortho intramolecular Hbond substituents is 1. The molecule has 7 atom stereocenters. The van der Waals surface area contributed by atoms with E-state index in [0.717, 1.165) is 25.8 Å². The summed E-state index contributed by atoms with van der Waals surface area (Å²) in [7, 11) is 4.09. The summed E-state index contributed by atoms with van der Waals surface area (Å²) < 4.78 is 19.8. The quantitative estimate of drug-likeness (QED) is 0.679. The summed E-state index contributed by atoms with van der Waals surface area (Å²) in [6.07, 6.45) is 7.58. The fourth-order valence-electron chi connectivity index (χ4n) is 8.56. The Morgan fingerprint density at radius 1 is 1.18 bits per heavy atom. The monoisotopic (exact) mass is 459 g/mol. The second-order valence-corrected chi connectivity index (χ2v) is 11.1. The maximum absolute atomic E-state index is 10.9. The van der Waals surface area contributed by atoms with Crippen molar-refractivity contribution in [3.8, 4) is 11.5 Å². The van der Waals surface area contributed by atoms with Gasteiger partial charge in [-0.25, -0.2) is 0 Å². The Morgan fingerprint density at radius 3 is 2.79 bits per heavy atom. The van der Waals surface area contributed by atoms with Gasteiger partial charge in [-0.05, 0) is 57.0 Å². The van der Waals surface area contributed by atoms with Crippen molar-refractivity contribution < 1.29 is 19.3 Å². The first kappa shape index (κ1) is 21.0. The lowest BCUT2D eigenvalue weighted by Crippen LogP contribution is -2.79. The SMILES string of the molecule is CO[C@]12C=C[C@@]3(C[C@@H]1[C@H](C)OCc1ccccc1)[C@H]1Cc4ccc(O)c5c4[C@@]3(CCN1C)[C@@H]2O5. The number of benzene rings is 2. The highest BCUT2D eigenvalue weighted by atomic mass is 16.6. The molecule has 6 aliphatic rings. The number of phenols is 1. The molecule has 2 spiro atoms. The Kier molecular flexibility index (Phi) is 4.24. The Morgan fingerprint density at radius 2 is 2.00 bits per heavy atom. The third-order valence-electron chi connectivity index (χ3n) is 10.0. The average molecular weight is 460 g/mol. The zero-order chi connectivity index (χ0) is 23.3. The fraction of sp³-hybridized carbons (Fsp3) is 0.517. The Hall–Kier alpha value is -2.34. The lowest BCUT2D eigenvalue weighted by Gasteiger charge is -2.71. The molecule has 2 fully saturated rings. The van der Waals surface area contributed by atoms with Crippen LogP contribution in [0.2, 0.25) is 0 Å². The van der Waals surface area contributed by atoms with Crippen LogP contribution in [0.15, 0.2) is 54.6 Å². The van der Waals surface area contributed by atoms with Crippen molar-refractivity contribution in [3.63, 3.8) is 0 Å². The van der Waals surface area contributed by atoms with E-state index in [0.29, 0.717) is 18.4 Å². The highest BCUT2D eigenvalue weighted by Gasteiger charge is 2.79. The molecule has 34 heavy (non-hydrogen) atoms. The van der Waals surface area contributed by atoms with Crippen molar-refractivity contribution in [2.24, 2.45) is 11.3 Å². The van der Waals surface area contributed by atoms with Crippen LogP contribution in [0.1, 0.15) is 36.5 Å². The van der Waals surface area contributed by atoms with Gasteiger partial charge in [0.05, 0.1) is 18.1 Å². The molecule has 2 aliphatic heterocycles. The van der Waals surface area contributed by atoms with Crippen LogP contribution < -0.4 is 4.74 Å². The Labute approximate surface area is 201 Å². The maximum atomic E-state index is 10.9. The van der Waals surface area contributed by atoms with Crippen LogP contribution in [0.5, 0.6) is 11.5 Å². The van der Waals surface area contributed by atoms with E-state index in [4.69, 9.17) is 14.2 Å². The molecule has 0 amide bonds. The molecule has 1 saturated heterocycles. The molecule has 0 radical (unpaired) electrons. The molecule has 1 saturated carbocycles. The summed E-state index contributed by atoms with van der Waals surface area (Å²) >= 11 is 0. The molecule has 4 aliphatic carbocycles. The minimum Gasteiger partial charge on any atom is -0.504 e. The molecule has 4 bridgehead atoms. The molecule has 2 heterocycles. The van der Waals surface area contributed by atoms with Gasteiger partial charge in [0.25, 0.3) is 0 Å². The molecule has 1 N–H and O–H groups in total. The van der Waals surface area contributed by atoms with E-state index in [1.165, 1.54) is 16.7 Å². The van der Waals surface area contributed by atoms with Gasteiger partial charge in [-0.15, -0.1) is 0 Å². The second-order valence-electron chi connectivity index (χ2n) is 11.1. The standard InChI is InChI=1S/C29H33NO4/c1-18(33-17-19-7-5-4-6-8-19)21-16-27-11-12-29(21,32-3)26-28(27)13-14-30(2)23(27)15-20-9-10-22(31)25(34-26)24(20)28/h4-12,18,21,23,26,31H,13-17H2,1-3H3/t18-,21+,23+,26-,27+,28-,29+/m0/s1. The molecule has 2 aromatic carbocycles. The highest BCUT2D eigenvalue weighted by Crippen LogP contribution is 2.74. The van der Waals surface area contributed by atoms with Crippen LogP contribution in [0.25, 0.3) is 0 Å². The van der Waals surface area contributed by atoms with E-state index in [1.807, 2.05) is 19.2 Å². The van der Waals surface area contributed by atoms with E-state index in [9.17, 15) is 5.11 Å². The van der Waals surface area contributed by atoms with E-state index >= 15 is 0 Å². The Bertz CT molecular complexity index is 1180. The van der Waals surface area contributed by atoms with Gasteiger partial charge in [0.15, 0.2) is 11.5 Å². The van der Waals surface area contributed by atoms with Crippen molar-refractivity contribution in [2.75, 3.05) is 20.7 Å². The summed E-state index contributed by atoms with van der Waals surface area (Å²) in [5, 5.41) is 10.9. The van der Waals surface area contributed by atoms with Gasteiger partial charge < -0.3 is 24.2 Å². The topological polar surface area (TPSA) is 51.2 Å². The largest absolute Gasteiger partial charge is 0.504 e. The maximum Gasteiger partial charge on any atom is 0.165 e. The van der Waals surface area contributed by atoms with Crippen molar-refractivity contribution in [1.29, 1.82) is 0 Å². The Balaban J connectivity index is 1.36. The second kappa shape index (κ2) is 6.87. The summed E-state index contributed by atoms with van der Waals surface area (Å²) in [6.45, 7) is 3.80. The average Bonchev–Trinajstić information content (AvgIpc) is 3.24. The summed E-state index contributed by atoms with van der Waals surface area (Å²) in [5.74, 6) is 1.10. The van der Waals surface area contributed by atoms with Crippen molar-refractivity contribution in [2.45, 2.75) is 62.1 Å². The predicted octanol–water partition coefficient (Wildman–Crippen LogP) is 4.22.